The van der Waals surface area contributed by atoms with Crippen molar-refractivity contribution >= 4 is 34.0 Å². The standard InChI is InChI=1S/C15H12ClF3N2O/c16-12-3-1-2-10-11(8-20-13(10)12)9-4-6-21(7-5-9)14(22)15(17,18)19/h1-4,8,20H,5-7H2. The molecule has 1 aliphatic heterocycles. The fourth-order valence-corrected chi connectivity index (χ4v) is 2.89. The van der Waals surface area contributed by atoms with E-state index in [4.69, 9.17) is 11.6 Å². The molecule has 1 aromatic heterocycles. The summed E-state index contributed by atoms with van der Waals surface area (Å²) in [4.78, 5) is 15.1. The molecule has 0 atom stereocenters. The summed E-state index contributed by atoms with van der Waals surface area (Å²) in [6, 6.07) is 5.50. The summed E-state index contributed by atoms with van der Waals surface area (Å²) < 4.78 is 37.3. The van der Waals surface area contributed by atoms with E-state index in [0.29, 0.717) is 11.4 Å². The molecule has 0 fully saturated rings. The molecule has 3 rings (SSSR count). The molecule has 1 aliphatic rings. The molecule has 2 aromatic rings. The molecule has 3 nitrogen and oxygen atoms in total. The summed E-state index contributed by atoms with van der Waals surface area (Å²) >= 11 is 6.10. The Labute approximate surface area is 129 Å². The van der Waals surface area contributed by atoms with Crippen molar-refractivity contribution in [2.45, 2.75) is 12.6 Å². The van der Waals surface area contributed by atoms with E-state index >= 15 is 0 Å². The van der Waals surface area contributed by atoms with Gasteiger partial charge in [0.05, 0.1) is 10.5 Å². The number of para-hydroxylation sites is 1. The highest BCUT2D eigenvalue weighted by molar-refractivity contribution is 6.35. The monoisotopic (exact) mass is 328 g/mol. The van der Waals surface area contributed by atoms with Gasteiger partial charge in [0, 0.05) is 30.2 Å². The molecular formula is C15H12ClF3N2O. The Morgan fingerprint density at radius 3 is 2.73 bits per heavy atom. The van der Waals surface area contributed by atoms with Gasteiger partial charge in [-0.05, 0) is 18.1 Å². The van der Waals surface area contributed by atoms with E-state index in [1.807, 2.05) is 12.1 Å². The first-order valence-corrected chi connectivity index (χ1v) is 7.07. The van der Waals surface area contributed by atoms with Crippen molar-refractivity contribution in [3.8, 4) is 0 Å². The van der Waals surface area contributed by atoms with E-state index in [-0.39, 0.29) is 13.1 Å². The maximum atomic E-state index is 12.4. The molecule has 0 saturated carbocycles. The van der Waals surface area contributed by atoms with Gasteiger partial charge >= 0.3 is 12.1 Å². The number of aromatic nitrogens is 1. The number of H-pyrrole nitrogens is 1. The minimum Gasteiger partial charge on any atom is -0.359 e. The third kappa shape index (κ3) is 2.59. The minimum atomic E-state index is -4.82. The lowest BCUT2D eigenvalue weighted by atomic mass is 9.99. The first kappa shape index (κ1) is 15.0. The first-order valence-electron chi connectivity index (χ1n) is 6.69. The number of carbonyl (C=O) groups excluding carboxylic acids is 1. The van der Waals surface area contributed by atoms with Crippen LogP contribution in [0.4, 0.5) is 13.2 Å². The Morgan fingerprint density at radius 1 is 1.32 bits per heavy atom. The molecule has 7 heteroatoms. The maximum Gasteiger partial charge on any atom is 0.471 e. The second-order valence-electron chi connectivity index (χ2n) is 5.09. The minimum absolute atomic E-state index is 0.0408. The molecule has 0 bridgehead atoms. The third-order valence-corrected chi connectivity index (χ3v) is 4.06. The van der Waals surface area contributed by atoms with Crippen molar-refractivity contribution in [2.75, 3.05) is 13.1 Å². The quantitative estimate of drug-likeness (QED) is 0.844. The zero-order valence-corrected chi connectivity index (χ0v) is 12.1. The van der Waals surface area contributed by atoms with Crippen LogP contribution in [0.3, 0.4) is 0 Å². The smallest absolute Gasteiger partial charge is 0.359 e. The Kier molecular flexibility index (Phi) is 3.64. The zero-order valence-electron chi connectivity index (χ0n) is 11.4. The molecule has 1 N–H and O–H groups in total. The van der Waals surface area contributed by atoms with Gasteiger partial charge in [0.15, 0.2) is 0 Å². The number of amides is 1. The van der Waals surface area contributed by atoms with Gasteiger partial charge in [0.2, 0.25) is 0 Å². The van der Waals surface area contributed by atoms with Crippen LogP contribution in [-0.2, 0) is 4.79 Å². The molecule has 22 heavy (non-hydrogen) atoms. The van der Waals surface area contributed by atoms with Crippen molar-refractivity contribution in [2.24, 2.45) is 0 Å². The van der Waals surface area contributed by atoms with E-state index in [2.05, 4.69) is 4.98 Å². The lowest BCUT2D eigenvalue weighted by Crippen LogP contribution is -2.43. The van der Waals surface area contributed by atoms with Gasteiger partial charge in [-0.1, -0.05) is 29.8 Å². The second-order valence-corrected chi connectivity index (χ2v) is 5.50. The molecule has 1 aromatic carbocycles. The van der Waals surface area contributed by atoms with Crippen molar-refractivity contribution in [3.05, 3.63) is 41.1 Å². The predicted octanol–water partition coefficient (Wildman–Crippen LogP) is 4.00. The summed E-state index contributed by atoms with van der Waals surface area (Å²) in [6.07, 6.45) is -0.985. The van der Waals surface area contributed by atoms with Gasteiger partial charge in [-0.3, -0.25) is 4.79 Å². The van der Waals surface area contributed by atoms with Crippen LogP contribution in [0.1, 0.15) is 12.0 Å². The number of halogens is 4. The van der Waals surface area contributed by atoms with Crippen molar-refractivity contribution in [3.63, 3.8) is 0 Å². The highest BCUT2D eigenvalue weighted by atomic mass is 35.5. The SMILES string of the molecule is O=C(N1CC=C(c2c[nH]c3c(Cl)cccc23)CC1)C(F)(F)F. The predicted molar refractivity (Wildman–Crippen MR) is 78.5 cm³/mol. The van der Waals surface area contributed by atoms with Gasteiger partial charge in [0.25, 0.3) is 0 Å². The van der Waals surface area contributed by atoms with Crippen LogP contribution in [0.5, 0.6) is 0 Å². The summed E-state index contributed by atoms with van der Waals surface area (Å²) in [6.45, 7) is 0.0122. The topological polar surface area (TPSA) is 36.1 Å². The van der Waals surface area contributed by atoms with Gasteiger partial charge in [0.1, 0.15) is 0 Å². The number of alkyl halides is 3. The molecule has 0 unspecified atom stereocenters. The summed E-state index contributed by atoms with van der Waals surface area (Å²) in [5, 5.41) is 1.52. The van der Waals surface area contributed by atoms with Crippen molar-refractivity contribution < 1.29 is 18.0 Å². The van der Waals surface area contributed by atoms with E-state index in [0.717, 1.165) is 26.9 Å². The molecule has 1 amide bonds. The third-order valence-electron chi connectivity index (χ3n) is 3.75. The van der Waals surface area contributed by atoms with Gasteiger partial charge in [-0.25, -0.2) is 0 Å². The average molecular weight is 329 g/mol. The number of fused-ring (bicyclic) bond motifs is 1. The van der Waals surface area contributed by atoms with Crippen LogP contribution in [0.2, 0.25) is 5.02 Å². The van der Waals surface area contributed by atoms with Gasteiger partial charge < -0.3 is 9.88 Å². The number of nitrogens with zero attached hydrogens (tertiary/aromatic N) is 1. The second kappa shape index (κ2) is 5.35. The first-order chi connectivity index (χ1) is 10.4. The fourth-order valence-electron chi connectivity index (χ4n) is 2.66. The number of nitrogens with one attached hydrogen (secondary N) is 1. The Bertz CT molecular complexity index is 764. The van der Waals surface area contributed by atoms with Crippen LogP contribution >= 0.6 is 11.6 Å². The van der Waals surface area contributed by atoms with Crippen molar-refractivity contribution in [1.82, 2.24) is 9.88 Å². The summed E-state index contributed by atoms with van der Waals surface area (Å²) in [5.41, 5.74) is 2.63. The fraction of sp³-hybridized carbons (Fsp3) is 0.267. The van der Waals surface area contributed by atoms with Crippen LogP contribution in [0.25, 0.3) is 16.5 Å². The van der Waals surface area contributed by atoms with Gasteiger partial charge in [-0.15, -0.1) is 0 Å². The van der Waals surface area contributed by atoms with Crippen LogP contribution in [-0.4, -0.2) is 35.1 Å². The van der Waals surface area contributed by atoms with E-state index in [1.54, 1.807) is 18.3 Å². The molecule has 0 radical (unpaired) electrons. The number of benzene rings is 1. The van der Waals surface area contributed by atoms with Crippen LogP contribution in [0, 0.1) is 0 Å². The van der Waals surface area contributed by atoms with Gasteiger partial charge in [-0.2, -0.15) is 13.2 Å². The van der Waals surface area contributed by atoms with E-state index < -0.39 is 12.1 Å². The van der Waals surface area contributed by atoms with Crippen LogP contribution in [0.15, 0.2) is 30.5 Å². The number of hydrogen-bond donors (Lipinski definition) is 1. The molecule has 2 heterocycles. The largest absolute Gasteiger partial charge is 0.471 e. The number of carbonyl (C=O) groups is 1. The lowest BCUT2D eigenvalue weighted by molar-refractivity contribution is -0.185. The normalized spacial score (nSPS) is 16.0. The average Bonchev–Trinajstić information content (AvgIpc) is 2.91. The van der Waals surface area contributed by atoms with Crippen molar-refractivity contribution in [1.29, 1.82) is 0 Å². The summed E-state index contributed by atoms with van der Waals surface area (Å²) in [5.74, 6) is -1.79. The summed E-state index contributed by atoms with van der Waals surface area (Å²) in [7, 11) is 0. The lowest BCUT2D eigenvalue weighted by Gasteiger charge is -2.27. The maximum absolute atomic E-state index is 12.4. The molecular weight excluding hydrogens is 317 g/mol. The highest BCUT2D eigenvalue weighted by Gasteiger charge is 2.42. The number of hydrogen-bond acceptors (Lipinski definition) is 1. The molecule has 0 saturated heterocycles. The molecule has 0 aliphatic carbocycles. The number of rotatable bonds is 1. The number of aromatic amines is 1. The Hall–Kier alpha value is -1.95. The van der Waals surface area contributed by atoms with E-state index in [9.17, 15) is 18.0 Å². The van der Waals surface area contributed by atoms with Crippen LogP contribution < -0.4 is 0 Å². The molecule has 0 spiro atoms. The zero-order chi connectivity index (χ0) is 15.9. The Balaban J connectivity index is 1.87. The molecule has 116 valence electrons. The Morgan fingerprint density at radius 2 is 2.09 bits per heavy atom. The highest BCUT2D eigenvalue weighted by Crippen LogP contribution is 2.32. The van der Waals surface area contributed by atoms with E-state index in [1.165, 1.54) is 0 Å².